The zero-order valence-electron chi connectivity index (χ0n) is 9.80. The van der Waals surface area contributed by atoms with Crippen LogP contribution < -0.4 is 0 Å². The van der Waals surface area contributed by atoms with Crippen molar-refractivity contribution in [2.24, 2.45) is 0 Å². The van der Waals surface area contributed by atoms with Crippen molar-refractivity contribution in [3.63, 3.8) is 0 Å². The summed E-state index contributed by atoms with van der Waals surface area (Å²) in [7, 11) is 2.17. The molecular formula is C12H15BrN4. The van der Waals surface area contributed by atoms with Crippen molar-refractivity contribution in [3.8, 4) is 0 Å². The summed E-state index contributed by atoms with van der Waals surface area (Å²) < 4.78 is 3.13. The summed E-state index contributed by atoms with van der Waals surface area (Å²) in [5.41, 5.74) is 0.911. The van der Waals surface area contributed by atoms with Crippen LogP contribution >= 0.6 is 15.9 Å². The minimum Gasteiger partial charge on any atom is -0.296 e. The first-order chi connectivity index (χ1) is 8.27. The molecule has 0 N–H and O–H groups in total. The van der Waals surface area contributed by atoms with Gasteiger partial charge in [0.05, 0.1) is 10.6 Å². The third-order valence-corrected chi connectivity index (χ3v) is 4.09. The van der Waals surface area contributed by atoms with Gasteiger partial charge < -0.3 is 0 Å². The number of halogens is 1. The highest BCUT2D eigenvalue weighted by Crippen LogP contribution is 2.29. The molecular weight excluding hydrogens is 280 g/mol. The van der Waals surface area contributed by atoms with Gasteiger partial charge >= 0.3 is 0 Å². The van der Waals surface area contributed by atoms with Crippen molar-refractivity contribution >= 4 is 21.6 Å². The summed E-state index contributed by atoms with van der Waals surface area (Å²) in [4.78, 5) is 2.37. The van der Waals surface area contributed by atoms with Crippen molar-refractivity contribution in [3.05, 3.63) is 28.6 Å². The molecule has 0 saturated carbocycles. The summed E-state index contributed by atoms with van der Waals surface area (Å²) in [5.74, 6) is 1.05. The molecule has 17 heavy (non-hydrogen) atoms. The molecule has 1 saturated heterocycles. The Balaban J connectivity index is 2.10. The second-order valence-corrected chi connectivity index (χ2v) is 5.40. The number of aromatic nitrogens is 3. The van der Waals surface area contributed by atoms with Gasteiger partial charge in [-0.05, 0) is 54.5 Å². The average Bonchev–Trinajstić information content (AvgIpc) is 2.75. The molecule has 2 aromatic heterocycles. The summed E-state index contributed by atoms with van der Waals surface area (Å²) in [6.07, 6.45) is 3.72. The van der Waals surface area contributed by atoms with Gasteiger partial charge in [0.25, 0.3) is 0 Å². The average molecular weight is 295 g/mol. The number of hydrogen-bond donors (Lipinski definition) is 0. The molecule has 5 heteroatoms. The number of fused-ring (bicyclic) bond motifs is 1. The molecule has 0 bridgehead atoms. The molecule has 2 aromatic rings. The van der Waals surface area contributed by atoms with Crippen LogP contribution in [-0.4, -0.2) is 33.1 Å². The Bertz CT molecular complexity index is 536. The third kappa shape index (κ3) is 1.87. The van der Waals surface area contributed by atoms with E-state index in [2.05, 4.69) is 42.5 Å². The van der Waals surface area contributed by atoms with E-state index >= 15 is 0 Å². The second-order valence-electron chi connectivity index (χ2n) is 4.59. The fraction of sp³-hybridized carbons (Fsp3) is 0.500. The van der Waals surface area contributed by atoms with Crippen LogP contribution in [0.4, 0.5) is 0 Å². The summed E-state index contributed by atoms with van der Waals surface area (Å²) in [6.45, 7) is 1.14. The standard InChI is InChI=1S/C12H15BrN4/c1-16-8-3-2-5-9(16)12-15-14-11-7-4-6-10(13)17(11)12/h4,6-7,9H,2-3,5,8H2,1H3. The predicted octanol–water partition coefficient (Wildman–Crippen LogP) is 2.65. The molecule has 0 aliphatic carbocycles. The van der Waals surface area contributed by atoms with E-state index < -0.39 is 0 Å². The normalized spacial score (nSPS) is 22.1. The molecule has 3 rings (SSSR count). The molecule has 0 radical (unpaired) electrons. The minimum atomic E-state index is 0.387. The monoisotopic (exact) mass is 294 g/mol. The summed E-state index contributed by atoms with van der Waals surface area (Å²) >= 11 is 3.58. The lowest BCUT2D eigenvalue weighted by molar-refractivity contribution is 0.178. The van der Waals surface area contributed by atoms with Gasteiger partial charge in [-0.25, -0.2) is 0 Å². The quantitative estimate of drug-likeness (QED) is 0.758. The fourth-order valence-corrected chi connectivity index (χ4v) is 3.06. The first-order valence-corrected chi connectivity index (χ1v) is 6.76. The van der Waals surface area contributed by atoms with Crippen molar-refractivity contribution in [2.45, 2.75) is 25.3 Å². The molecule has 0 aromatic carbocycles. The SMILES string of the molecule is CN1CCCCC1c1nnc2cccc(Br)n12. The molecule has 3 heterocycles. The summed E-state index contributed by atoms with van der Waals surface area (Å²) in [6, 6.07) is 6.40. The zero-order chi connectivity index (χ0) is 11.8. The predicted molar refractivity (Wildman–Crippen MR) is 69.9 cm³/mol. The highest BCUT2D eigenvalue weighted by atomic mass is 79.9. The number of pyridine rings is 1. The van der Waals surface area contributed by atoms with Crippen LogP contribution in [0, 0.1) is 0 Å². The maximum atomic E-state index is 4.37. The molecule has 1 atom stereocenters. The molecule has 1 unspecified atom stereocenters. The van der Waals surface area contributed by atoms with Crippen molar-refractivity contribution < 1.29 is 0 Å². The molecule has 0 spiro atoms. The van der Waals surface area contributed by atoms with Crippen molar-refractivity contribution in [2.75, 3.05) is 13.6 Å². The van der Waals surface area contributed by atoms with Crippen LogP contribution in [0.25, 0.3) is 5.65 Å². The van der Waals surface area contributed by atoms with E-state index in [9.17, 15) is 0 Å². The van der Waals surface area contributed by atoms with Gasteiger partial charge in [0.1, 0.15) is 0 Å². The van der Waals surface area contributed by atoms with Crippen LogP contribution in [0.3, 0.4) is 0 Å². The van der Waals surface area contributed by atoms with Gasteiger partial charge in [0.2, 0.25) is 0 Å². The highest BCUT2D eigenvalue weighted by molar-refractivity contribution is 9.10. The van der Waals surface area contributed by atoms with E-state index in [-0.39, 0.29) is 0 Å². The van der Waals surface area contributed by atoms with E-state index in [1.54, 1.807) is 0 Å². The lowest BCUT2D eigenvalue weighted by Crippen LogP contribution is -2.31. The van der Waals surface area contributed by atoms with Gasteiger partial charge in [-0.15, -0.1) is 10.2 Å². The van der Waals surface area contributed by atoms with Gasteiger partial charge in [-0.3, -0.25) is 9.30 Å². The van der Waals surface area contributed by atoms with Gasteiger partial charge in [0, 0.05) is 0 Å². The number of hydrogen-bond acceptors (Lipinski definition) is 3. The molecule has 4 nitrogen and oxygen atoms in total. The minimum absolute atomic E-state index is 0.387. The first-order valence-electron chi connectivity index (χ1n) is 5.97. The Kier molecular flexibility index (Phi) is 2.88. The van der Waals surface area contributed by atoms with Crippen molar-refractivity contribution in [1.29, 1.82) is 0 Å². The Hall–Kier alpha value is -0.940. The van der Waals surface area contributed by atoms with E-state index in [0.29, 0.717) is 6.04 Å². The topological polar surface area (TPSA) is 33.4 Å². The first kappa shape index (κ1) is 11.2. The maximum Gasteiger partial charge on any atom is 0.161 e. The van der Waals surface area contributed by atoms with Crippen LogP contribution in [-0.2, 0) is 0 Å². The number of rotatable bonds is 1. The smallest absolute Gasteiger partial charge is 0.161 e. The second kappa shape index (κ2) is 4.38. The molecule has 1 aliphatic heterocycles. The lowest BCUT2D eigenvalue weighted by Gasteiger charge is -2.31. The molecule has 0 amide bonds. The van der Waals surface area contributed by atoms with Crippen LogP contribution in [0.15, 0.2) is 22.8 Å². The van der Waals surface area contributed by atoms with Gasteiger partial charge in [0.15, 0.2) is 11.5 Å². The van der Waals surface area contributed by atoms with Crippen LogP contribution in [0.5, 0.6) is 0 Å². The van der Waals surface area contributed by atoms with E-state index in [4.69, 9.17) is 0 Å². The fourth-order valence-electron chi connectivity index (χ4n) is 2.54. The van der Waals surface area contributed by atoms with Crippen LogP contribution in [0.2, 0.25) is 0 Å². The van der Waals surface area contributed by atoms with Gasteiger partial charge in [-0.1, -0.05) is 12.5 Å². The lowest BCUT2D eigenvalue weighted by atomic mass is 10.0. The Morgan fingerprint density at radius 1 is 1.29 bits per heavy atom. The third-order valence-electron chi connectivity index (χ3n) is 3.47. The zero-order valence-corrected chi connectivity index (χ0v) is 11.4. The van der Waals surface area contributed by atoms with E-state index in [1.165, 1.54) is 19.3 Å². The number of nitrogens with zero attached hydrogens (tertiary/aromatic N) is 4. The number of piperidine rings is 1. The molecule has 90 valence electrons. The van der Waals surface area contributed by atoms with Crippen molar-refractivity contribution in [1.82, 2.24) is 19.5 Å². The van der Waals surface area contributed by atoms with Gasteiger partial charge in [-0.2, -0.15) is 0 Å². The Morgan fingerprint density at radius 3 is 3.00 bits per heavy atom. The van der Waals surface area contributed by atoms with E-state index in [1.807, 2.05) is 18.2 Å². The highest BCUT2D eigenvalue weighted by Gasteiger charge is 2.25. The number of likely N-dealkylation sites (tertiary alicyclic amines) is 1. The van der Waals surface area contributed by atoms with Crippen LogP contribution in [0.1, 0.15) is 31.1 Å². The van der Waals surface area contributed by atoms with E-state index in [0.717, 1.165) is 22.6 Å². The largest absolute Gasteiger partial charge is 0.296 e. The maximum absolute atomic E-state index is 4.37. The molecule has 1 fully saturated rings. The Labute approximate surface area is 109 Å². The Morgan fingerprint density at radius 2 is 2.18 bits per heavy atom. The molecule has 1 aliphatic rings. The summed E-state index contributed by atoms with van der Waals surface area (Å²) in [5, 5.41) is 8.62.